The zero-order valence-electron chi connectivity index (χ0n) is 7.90. The van der Waals surface area contributed by atoms with Crippen LogP contribution < -0.4 is 0 Å². The highest BCUT2D eigenvalue weighted by Gasteiger charge is 2.03. The van der Waals surface area contributed by atoms with Crippen molar-refractivity contribution in [2.75, 3.05) is 0 Å². The van der Waals surface area contributed by atoms with Gasteiger partial charge in [0, 0.05) is 12.4 Å². The number of hydrogen-bond acceptors (Lipinski definition) is 3. The number of hydrogen-bond donors (Lipinski definition) is 0. The van der Waals surface area contributed by atoms with E-state index >= 15 is 0 Å². The normalized spacial score (nSPS) is 10.5. The predicted octanol–water partition coefficient (Wildman–Crippen LogP) is 2.04. The summed E-state index contributed by atoms with van der Waals surface area (Å²) in [4.78, 5) is 8.46. The van der Waals surface area contributed by atoms with Gasteiger partial charge in [-0.05, 0) is 35.3 Å². The predicted molar refractivity (Wildman–Crippen MR) is 56.3 cm³/mol. The molecule has 0 aliphatic carbocycles. The third kappa shape index (κ3) is 1.68. The molecule has 0 fully saturated rings. The van der Waals surface area contributed by atoms with E-state index < -0.39 is 0 Å². The van der Waals surface area contributed by atoms with Crippen LogP contribution in [0.3, 0.4) is 0 Å². The number of aryl methyl sites for hydroxylation is 2. The second-order valence-electron chi connectivity index (χ2n) is 3.07. The zero-order valence-corrected chi connectivity index (χ0v) is 9.48. The lowest BCUT2D eigenvalue weighted by Gasteiger charge is -2.01. The van der Waals surface area contributed by atoms with Crippen molar-refractivity contribution in [1.82, 2.24) is 19.7 Å². The van der Waals surface area contributed by atoms with E-state index in [4.69, 9.17) is 0 Å². The maximum Gasteiger partial charge on any atom is 0.250 e. The summed E-state index contributed by atoms with van der Waals surface area (Å²) in [5.74, 6) is 0.596. The van der Waals surface area contributed by atoms with Crippen molar-refractivity contribution < 1.29 is 0 Å². The van der Waals surface area contributed by atoms with Crippen LogP contribution in [-0.4, -0.2) is 19.7 Å². The van der Waals surface area contributed by atoms with Crippen LogP contribution in [0.25, 0.3) is 5.95 Å². The van der Waals surface area contributed by atoms with E-state index in [0.29, 0.717) is 5.95 Å². The van der Waals surface area contributed by atoms with E-state index in [-0.39, 0.29) is 0 Å². The summed E-state index contributed by atoms with van der Waals surface area (Å²) in [7, 11) is 0. The SMILES string of the molecule is Cc1cnn(-c2ncc(Br)c(C)n2)c1. The molecule has 2 aromatic rings. The Labute approximate surface area is 90.1 Å². The summed E-state index contributed by atoms with van der Waals surface area (Å²) in [6, 6.07) is 0. The van der Waals surface area contributed by atoms with Gasteiger partial charge in [0.15, 0.2) is 0 Å². The first-order valence-electron chi connectivity index (χ1n) is 4.17. The van der Waals surface area contributed by atoms with Crippen molar-refractivity contribution in [3.05, 3.63) is 34.3 Å². The lowest BCUT2D eigenvalue weighted by Crippen LogP contribution is -2.02. The molecular weight excluding hydrogens is 244 g/mol. The molecule has 2 rings (SSSR count). The fourth-order valence-corrected chi connectivity index (χ4v) is 1.26. The molecule has 72 valence electrons. The molecule has 0 bridgehead atoms. The summed E-state index contributed by atoms with van der Waals surface area (Å²) < 4.78 is 2.57. The monoisotopic (exact) mass is 252 g/mol. The molecule has 2 aromatic heterocycles. The number of halogens is 1. The van der Waals surface area contributed by atoms with Gasteiger partial charge in [0.1, 0.15) is 0 Å². The summed E-state index contributed by atoms with van der Waals surface area (Å²) in [5.41, 5.74) is 2.00. The van der Waals surface area contributed by atoms with Crippen molar-refractivity contribution in [1.29, 1.82) is 0 Å². The first kappa shape index (κ1) is 9.33. The first-order chi connectivity index (χ1) is 6.66. The maximum absolute atomic E-state index is 4.30. The Hall–Kier alpha value is -1.23. The van der Waals surface area contributed by atoms with Gasteiger partial charge in [0.2, 0.25) is 0 Å². The van der Waals surface area contributed by atoms with Crippen molar-refractivity contribution in [2.45, 2.75) is 13.8 Å². The molecule has 0 atom stereocenters. The minimum Gasteiger partial charge on any atom is -0.218 e. The minimum absolute atomic E-state index is 0.596. The van der Waals surface area contributed by atoms with Gasteiger partial charge >= 0.3 is 0 Å². The Bertz CT molecular complexity index is 464. The minimum atomic E-state index is 0.596. The van der Waals surface area contributed by atoms with Crippen molar-refractivity contribution in [3.63, 3.8) is 0 Å². The standard InChI is InChI=1S/C9H9BrN4/c1-6-3-12-14(5-6)9-11-4-8(10)7(2)13-9/h3-5H,1-2H3. The lowest BCUT2D eigenvalue weighted by molar-refractivity contribution is 0.798. The van der Waals surface area contributed by atoms with Gasteiger partial charge in [-0.2, -0.15) is 5.10 Å². The van der Waals surface area contributed by atoms with Gasteiger partial charge in [-0.1, -0.05) is 0 Å². The van der Waals surface area contributed by atoms with E-state index in [9.17, 15) is 0 Å². The molecule has 0 amide bonds. The molecule has 0 aromatic carbocycles. The van der Waals surface area contributed by atoms with Crippen LogP contribution in [0.5, 0.6) is 0 Å². The van der Waals surface area contributed by atoms with E-state index in [0.717, 1.165) is 15.7 Å². The summed E-state index contributed by atoms with van der Waals surface area (Å²) >= 11 is 3.35. The Morgan fingerprint density at radius 1 is 1.29 bits per heavy atom. The summed E-state index contributed by atoms with van der Waals surface area (Å²) in [6.07, 6.45) is 5.40. The van der Waals surface area contributed by atoms with Crippen LogP contribution in [0.1, 0.15) is 11.3 Å². The van der Waals surface area contributed by atoms with Crippen LogP contribution in [0.15, 0.2) is 23.1 Å². The highest BCUT2D eigenvalue weighted by Crippen LogP contribution is 2.13. The van der Waals surface area contributed by atoms with Gasteiger partial charge in [-0.25, -0.2) is 14.6 Å². The molecular formula is C9H9BrN4. The third-order valence-corrected chi connectivity index (χ3v) is 2.60. The van der Waals surface area contributed by atoms with E-state index in [1.807, 2.05) is 20.0 Å². The highest BCUT2D eigenvalue weighted by atomic mass is 79.9. The van der Waals surface area contributed by atoms with E-state index in [2.05, 4.69) is 31.0 Å². The average molecular weight is 253 g/mol. The second kappa shape index (κ2) is 3.49. The van der Waals surface area contributed by atoms with Crippen molar-refractivity contribution >= 4 is 15.9 Å². The molecule has 0 N–H and O–H groups in total. The Balaban J connectivity index is 2.47. The molecule has 5 heteroatoms. The van der Waals surface area contributed by atoms with Crippen LogP contribution >= 0.6 is 15.9 Å². The summed E-state index contributed by atoms with van der Waals surface area (Å²) in [6.45, 7) is 3.90. The van der Waals surface area contributed by atoms with Gasteiger partial charge in [0.05, 0.1) is 16.4 Å². The molecule has 0 saturated carbocycles. The molecule has 4 nitrogen and oxygen atoms in total. The van der Waals surface area contributed by atoms with E-state index in [1.165, 1.54) is 0 Å². The molecule has 2 heterocycles. The Kier molecular flexibility index (Phi) is 2.33. The largest absolute Gasteiger partial charge is 0.250 e. The van der Waals surface area contributed by atoms with Crippen LogP contribution in [0.4, 0.5) is 0 Å². The quantitative estimate of drug-likeness (QED) is 0.781. The van der Waals surface area contributed by atoms with Crippen LogP contribution in [0, 0.1) is 13.8 Å². The molecule has 0 saturated heterocycles. The van der Waals surface area contributed by atoms with Crippen LogP contribution in [0.2, 0.25) is 0 Å². The molecule has 0 spiro atoms. The lowest BCUT2D eigenvalue weighted by atomic mass is 10.4. The first-order valence-corrected chi connectivity index (χ1v) is 4.97. The third-order valence-electron chi connectivity index (χ3n) is 1.82. The van der Waals surface area contributed by atoms with Gasteiger partial charge in [0.25, 0.3) is 5.95 Å². The van der Waals surface area contributed by atoms with Gasteiger partial charge in [-0.15, -0.1) is 0 Å². The molecule has 14 heavy (non-hydrogen) atoms. The molecule has 0 unspecified atom stereocenters. The maximum atomic E-state index is 4.30. The topological polar surface area (TPSA) is 43.6 Å². The molecule has 0 aliphatic heterocycles. The number of rotatable bonds is 1. The Morgan fingerprint density at radius 2 is 2.07 bits per heavy atom. The molecule has 0 aliphatic rings. The Morgan fingerprint density at radius 3 is 2.64 bits per heavy atom. The summed E-state index contributed by atoms with van der Waals surface area (Å²) in [5, 5.41) is 4.13. The van der Waals surface area contributed by atoms with E-state index in [1.54, 1.807) is 17.1 Å². The number of nitrogens with zero attached hydrogens (tertiary/aromatic N) is 4. The van der Waals surface area contributed by atoms with Crippen molar-refractivity contribution in [2.24, 2.45) is 0 Å². The van der Waals surface area contributed by atoms with Gasteiger partial charge in [-0.3, -0.25) is 0 Å². The zero-order chi connectivity index (χ0) is 10.1. The molecule has 0 radical (unpaired) electrons. The highest BCUT2D eigenvalue weighted by molar-refractivity contribution is 9.10. The second-order valence-corrected chi connectivity index (χ2v) is 3.92. The van der Waals surface area contributed by atoms with Crippen LogP contribution in [-0.2, 0) is 0 Å². The average Bonchev–Trinajstić information content (AvgIpc) is 2.57. The van der Waals surface area contributed by atoms with Crippen molar-refractivity contribution in [3.8, 4) is 5.95 Å². The number of aromatic nitrogens is 4. The fraction of sp³-hybridized carbons (Fsp3) is 0.222. The smallest absolute Gasteiger partial charge is 0.218 e. The fourth-order valence-electron chi connectivity index (χ4n) is 1.07. The van der Waals surface area contributed by atoms with Gasteiger partial charge < -0.3 is 0 Å².